The summed E-state index contributed by atoms with van der Waals surface area (Å²) in [7, 11) is 0. The summed E-state index contributed by atoms with van der Waals surface area (Å²) in [5, 5.41) is 12.1. The maximum Gasteiger partial charge on any atom is 0.136 e. The van der Waals surface area contributed by atoms with Gasteiger partial charge < -0.3 is 8.83 Å². The fourth-order valence-corrected chi connectivity index (χ4v) is 9.57. The van der Waals surface area contributed by atoms with E-state index in [1.165, 1.54) is 76.6 Å². The maximum absolute atomic E-state index is 6.39. The standard InChI is InChI=1S/C51H32O2/c1-51(2)42-24-21-29-25-41-33-12-8-10-18-45(33)53-47(41)28-40(29)50(42)39-23-20-30(26-43(39)51)48-35-13-3-5-15-37(35)49(38-16-6-4-14-36(38)48)31-19-22-34-32-11-7-9-17-44(32)52-46(34)27-31/h3-28H,1-2H3. The summed E-state index contributed by atoms with van der Waals surface area (Å²) in [5.41, 5.74) is 13.8. The lowest BCUT2D eigenvalue weighted by molar-refractivity contribution is 0.661. The molecule has 12 rings (SSSR count). The monoisotopic (exact) mass is 676 g/mol. The number of furan rings is 2. The van der Waals surface area contributed by atoms with E-state index in [2.05, 4.69) is 153 Å². The molecule has 0 aliphatic heterocycles. The van der Waals surface area contributed by atoms with Crippen LogP contribution in [-0.4, -0.2) is 0 Å². The lowest BCUT2D eigenvalue weighted by Crippen LogP contribution is -2.15. The number of rotatable bonds is 2. The summed E-state index contributed by atoms with van der Waals surface area (Å²) in [6, 6.07) is 57.6. The molecule has 0 radical (unpaired) electrons. The Bertz CT molecular complexity index is 3310. The summed E-state index contributed by atoms with van der Waals surface area (Å²) < 4.78 is 12.8. The van der Waals surface area contributed by atoms with E-state index < -0.39 is 0 Å². The van der Waals surface area contributed by atoms with Crippen LogP contribution in [-0.2, 0) is 5.41 Å². The molecule has 0 saturated heterocycles. The van der Waals surface area contributed by atoms with Crippen molar-refractivity contribution in [1.82, 2.24) is 0 Å². The zero-order chi connectivity index (χ0) is 35.0. The van der Waals surface area contributed by atoms with E-state index in [0.29, 0.717) is 0 Å². The number of benzene rings is 9. The average molecular weight is 677 g/mol. The van der Waals surface area contributed by atoms with Crippen molar-refractivity contribution in [1.29, 1.82) is 0 Å². The summed E-state index contributed by atoms with van der Waals surface area (Å²) in [6.07, 6.45) is 0. The predicted octanol–water partition coefficient (Wildman–Crippen LogP) is 14.6. The quantitative estimate of drug-likeness (QED) is 0.170. The highest BCUT2D eigenvalue weighted by molar-refractivity contribution is 6.22. The third kappa shape index (κ3) is 3.87. The molecule has 1 aliphatic carbocycles. The highest BCUT2D eigenvalue weighted by atomic mass is 16.3. The zero-order valence-corrected chi connectivity index (χ0v) is 29.3. The van der Waals surface area contributed by atoms with E-state index in [4.69, 9.17) is 8.83 Å². The van der Waals surface area contributed by atoms with Crippen LogP contribution < -0.4 is 0 Å². The molecule has 0 atom stereocenters. The molecule has 1 aliphatic rings. The van der Waals surface area contributed by atoms with Crippen LogP contribution in [0.1, 0.15) is 25.0 Å². The molecule has 2 heterocycles. The van der Waals surface area contributed by atoms with Crippen molar-refractivity contribution in [3.63, 3.8) is 0 Å². The largest absolute Gasteiger partial charge is 0.456 e. The van der Waals surface area contributed by atoms with Gasteiger partial charge in [-0.15, -0.1) is 0 Å². The molecular formula is C51H32O2. The molecule has 9 aromatic carbocycles. The first-order valence-electron chi connectivity index (χ1n) is 18.4. The van der Waals surface area contributed by atoms with Crippen molar-refractivity contribution in [3.05, 3.63) is 169 Å². The maximum atomic E-state index is 6.39. The van der Waals surface area contributed by atoms with Crippen molar-refractivity contribution in [2.45, 2.75) is 19.3 Å². The van der Waals surface area contributed by atoms with Gasteiger partial charge in [0.05, 0.1) is 0 Å². The Morgan fingerprint density at radius 3 is 1.49 bits per heavy atom. The molecule has 248 valence electrons. The third-order valence-corrected chi connectivity index (χ3v) is 12.0. The molecule has 0 bridgehead atoms. The smallest absolute Gasteiger partial charge is 0.136 e. The Morgan fingerprint density at radius 1 is 0.340 bits per heavy atom. The van der Waals surface area contributed by atoms with Gasteiger partial charge >= 0.3 is 0 Å². The summed E-state index contributed by atoms with van der Waals surface area (Å²) in [5.74, 6) is 0. The van der Waals surface area contributed by atoms with Gasteiger partial charge in [-0.2, -0.15) is 0 Å². The Kier molecular flexibility index (Phi) is 5.60. The Morgan fingerprint density at radius 2 is 0.849 bits per heavy atom. The average Bonchev–Trinajstić information content (AvgIpc) is 3.82. The van der Waals surface area contributed by atoms with E-state index in [9.17, 15) is 0 Å². The van der Waals surface area contributed by atoms with Crippen LogP contribution in [0.3, 0.4) is 0 Å². The van der Waals surface area contributed by atoms with E-state index in [1.807, 2.05) is 18.2 Å². The topological polar surface area (TPSA) is 26.3 Å². The molecule has 0 spiro atoms. The van der Waals surface area contributed by atoms with Crippen LogP contribution in [0.25, 0.3) is 110 Å². The molecule has 2 aromatic heterocycles. The predicted molar refractivity (Wildman–Crippen MR) is 222 cm³/mol. The molecule has 0 fully saturated rings. The Labute approximate surface area is 305 Å². The molecule has 0 N–H and O–H groups in total. The Hall–Kier alpha value is -6.64. The normalized spacial score (nSPS) is 13.6. The number of fused-ring (bicyclic) bond motifs is 13. The molecule has 53 heavy (non-hydrogen) atoms. The van der Waals surface area contributed by atoms with Gasteiger partial charge in [-0.05, 0) is 119 Å². The van der Waals surface area contributed by atoms with Gasteiger partial charge in [0.1, 0.15) is 22.3 Å². The lowest BCUT2D eigenvalue weighted by Gasteiger charge is -2.23. The van der Waals surface area contributed by atoms with Crippen LogP contribution in [0.4, 0.5) is 0 Å². The number of hydrogen-bond donors (Lipinski definition) is 0. The molecule has 2 heteroatoms. The number of para-hydroxylation sites is 2. The molecule has 11 aromatic rings. The van der Waals surface area contributed by atoms with Gasteiger partial charge in [0.2, 0.25) is 0 Å². The van der Waals surface area contributed by atoms with Crippen molar-refractivity contribution in [2.75, 3.05) is 0 Å². The van der Waals surface area contributed by atoms with Gasteiger partial charge in [-0.3, -0.25) is 0 Å². The van der Waals surface area contributed by atoms with Crippen LogP contribution in [0, 0.1) is 0 Å². The van der Waals surface area contributed by atoms with Gasteiger partial charge in [0.25, 0.3) is 0 Å². The van der Waals surface area contributed by atoms with Crippen LogP contribution in [0.15, 0.2) is 167 Å². The van der Waals surface area contributed by atoms with Gasteiger partial charge in [0.15, 0.2) is 0 Å². The van der Waals surface area contributed by atoms with Gasteiger partial charge in [-0.25, -0.2) is 0 Å². The van der Waals surface area contributed by atoms with E-state index in [-0.39, 0.29) is 5.41 Å². The van der Waals surface area contributed by atoms with E-state index >= 15 is 0 Å². The van der Waals surface area contributed by atoms with Crippen molar-refractivity contribution in [2.24, 2.45) is 0 Å². The molecule has 2 nitrogen and oxygen atoms in total. The van der Waals surface area contributed by atoms with Crippen LogP contribution in [0.5, 0.6) is 0 Å². The number of hydrogen-bond acceptors (Lipinski definition) is 2. The molecule has 0 saturated carbocycles. The first-order chi connectivity index (χ1) is 26.0. The van der Waals surface area contributed by atoms with Crippen molar-refractivity contribution >= 4 is 76.2 Å². The lowest BCUT2D eigenvalue weighted by atomic mass is 9.80. The highest BCUT2D eigenvalue weighted by Gasteiger charge is 2.37. The first kappa shape index (κ1) is 29.0. The second-order valence-corrected chi connectivity index (χ2v) is 15.2. The SMILES string of the molecule is CC1(C)c2cc(-c3c4ccccc4c(-c4ccc5c(c4)oc4ccccc45)c4ccccc34)ccc2-c2c1ccc1cc3c(cc21)oc1ccccc13. The minimum absolute atomic E-state index is 0.175. The molecular weight excluding hydrogens is 645 g/mol. The van der Waals surface area contributed by atoms with Crippen LogP contribution >= 0.6 is 0 Å². The summed E-state index contributed by atoms with van der Waals surface area (Å²) >= 11 is 0. The van der Waals surface area contributed by atoms with Crippen molar-refractivity contribution in [3.8, 4) is 33.4 Å². The fourth-order valence-electron chi connectivity index (χ4n) is 9.57. The van der Waals surface area contributed by atoms with Gasteiger partial charge in [-0.1, -0.05) is 129 Å². The first-order valence-corrected chi connectivity index (χ1v) is 18.4. The summed E-state index contributed by atoms with van der Waals surface area (Å²) in [6.45, 7) is 4.75. The van der Waals surface area contributed by atoms with Crippen molar-refractivity contribution < 1.29 is 8.83 Å². The summed E-state index contributed by atoms with van der Waals surface area (Å²) in [4.78, 5) is 0. The fraction of sp³-hybridized carbons (Fsp3) is 0.0588. The minimum Gasteiger partial charge on any atom is -0.456 e. The second-order valence-electron chi connectivity index (χ2n) is 15.2. The van der Waals surface area contributed by atoms with E-state index in [0.717, 1.165) is 44.1 Å². The third-order valence-electron chi connectivity index (χ3n) is 12.0. The highest BCUT2D eigenvalue weighted by Crippen LogP contribution is 2.54. The molecule has 0 amide bonds. The second kappa shape index (κ2) is 10.2. The minimum atomic E-state index is -0.175. The zero-order valence-electron chi connectivity index (χ0n) is 29.3. The van der Waals surface area contributed by atoms with E-state index in [1.54, 1.807) is 0 Å². The van der Waals surface area contributed by atoms with Gasteiger partial charge in [0, 0.05) is 27.0 Å². The Balaban J connectivity index is 1.08. The van der Waals surface area contributed by atoms with Crippen LogP contribution in [0.2, 0.25) is 0 Å². The molecule has 0 unspecified atom stereocenters.